The van der Waals surface area contributed by atoms with Crippen molar-refractivity contribution < 1.29 is 9.13 Å². The van der Waals surface area contributed by atoms with E-state index in [4.69, 9.17) is 27.9 Å². The molecule has 0 N–H and O–H groups in total. The van der Waals surface area contributed by atoms with Crippen molar-refractivity contribution in [2.24, 2.45) is 4.99 Å². The summed E-state index contributed by atoms with van der Waals surface area (Å²) in [6.45, 7) is 1.10. The Morgan fingerprint density at radius 3 is 2.43 bits per heavy atom. The largest absolute Gasteiger partial charge is 0.475 e. The van der Waals surface area contributed by atoms with Crippen LogP contribution in [0.3, 0.4) is 0 Å². The third kappa shape index (κ3) is 1.70. The molecule has 1 aromatic rings. The molecule has 0 amide bonds. The highest BCUT2D eigenvalue weighted by molar-refractivity contribution is 6.39. The first-order valence-corrected chi connectivity index (χ1v) is 4.76. The molecule has 2 rings (SSSR count). The Bertz CT molecular complexity index is 383. The molecule has 0 spiro atoms. The van der Waals surface area contributed by atoms with Crippen molar-refractivity contribution in [3.63, 3.8) is 0 Å². The quantitative estimate of drug-likeness (QED) is 0.732. The van der Waals surface area contributed by atoms with Crippen molar-refractivity contribution in [3.05, 3.63) is 33.6 Å². The van der Waals surface area contributed by atoms with Crippen molar-refractivity contribution in [2.75, 3.05) is 13.2 Å². The normalized spacial score (nSPS) is 15.2. The summed E-state index contributed by atoms with van der Waals surface area (Å²) in [7, 11) is 0. The molecule has 0 aliphatic carbocycles. The highest BCUT2D eigenvalue weighted by atomic mass is 35.5. The second-order valence-electron chi connectivity index (χ2n) is 2.78. The minimum atomic E-state index is -0.470. The lowest BCUT2D eigenvalue weighted by Crippen LogP contribution is -2.03. The highest BCUT2D eigenvalue weighted by Crippen LogP contribution is 2.28. The number of halogens is 3. The van der Waals surface area contributed by atoms with Crippen LogP contribution in [0.25, 0.3) is 0 Å². The van der Waals surface area contributed by atoms with E-state index in [0.717, 1.165) is 0 Å². The zero-order chi connectivity index (χ0) is 10.1. The molecule has 0 radical (unpaired) electrons. The van der Waals surface area contributed by atoms with Crippen LogP contribution in [0.2, 0.25) is 10.0 Å². The molecule has 0 bridgehead atoms. The lowest BCUT2D eigenvalue weighted by atomic mass is 10.2. The molecular formula is C9H6Cl2FNO. The summed E-state index contributed by atoms with van der Waals surface area (Å²) >= 11 is 11.7. The molecule has 0 atom stereocenters. The van der Waals surface area contributed by atoms with Crippen LogP contribution in [-0.2, 0) is 4.74 Å². The van der Waals surface area contributed by atoms with Crippen molar-refractivity contribution in [2.45, 2.75) is 0 Å². The van der Waals surface area contributed by atoms with Crippen molar-refractivity contribution in [3.8, 4) is 0 Å². The number of benzene rings is 1. The molecule has 0 unspecified atom stereocenters. The van der Waals surface area contributed by atoms with Gasteiger partial charge in [0.25, 0.3) is 0 Å². The van der Waals surface area contributed by atoms with Gasteiger partial charge in [0.15, 0.2) is 0 Å². The standard InChI is InChI=1S/C9H6Cl2FNO/c10-6-3-5(12)4-7(11)8(6)9-13-1-2-14-9/h3-4H,1-2H2. The number of ether oxygens (including phenoxy) is 1. The lowest BCUT2D eigenvalue weighted by Gasteiger charge is -2.06. The molecule has 1 aromatic carbocycles. The summed E-state index contributed by atoms with van der Waals surface area (Å²) < 4.78 is 18.0. The van der Waals surface area contributed by atoms with E-state index in [1.165, 1.54) is 12.1 Å². The molecule has 14 heavy (non-hydrogen) atoms. The summed E-state index contributed by atoms with van der Waals surface area (Å²) in [5, 5.41) is 0.436. The average Bonchev–Trinajstić information content (AvgIpc) is 2.54. The van der Waals surface area contributed by atoms with Gasteiger partial charge in [-0.15, -0.1) is 0 Å². The summed E-state index contributed by atoms with van der Waals surface area (Å²) in [5.41, 5.74) is 0.465. The Labute approximate surface area is 90.3 Å². The molecule has 1 heterocycles. The van der Waals surface area contributed by atoms with E-state index < -0.39 is 5.82 Å². The Balaban J connectivity index is 2.52. The van der Waals surface area contributed by atoms with Crippen LogP contribution in [0.1, 0.15) is 5.56 Å². The maximum atomic E-state index is 12.8. The summed E-state index contributed by atoms with van der Waals surface area (Å²) in [6, 6.07) is 2.37. The molecule has 1 aliphatic rings. The predicted molar refractivity (Wildman–Crippen MR) is 53.8 cm³/mol. The molecule has 0 saturated carbocycles. The lowest BCUT2D eigenvalue weighted by molar-refractivity contribution is 0.348. The van der Waals surface area contributed by atoms with Crippen LogP contribution in [0.5, 0.6) is 0 Å². The van der Waals surface area contributed by atoms with Gasteiger partial charge in [-0.2, -0.15) is 0 Å². The second-order valence-corrected chi connectivity index (χ2v) is 3.59. The van der Waals surface area contributed by atoms with Crippen LogP contribution < -0.4 is 0 Å². The minimum absolute atomic E-state index is 0.218. The van der Waals surface area contributed by atoms with E-state index in [2.05, 4.69) is 4.99 Å². The fourth-order valence-electron chi connectivity index (χ4n) is 1.23. The van der Waals surface area contributed by atoms with Gasteiger partial charge in [0.2, 0.25) is 5.90 Å². The van der Waals surface area contributed by atoms with Gasteiger partial charge in [0.1, 0.15) is 12.4 Å². The number of aliphatic imine (C=N–C) groups is 1. The van der Waals surface area contributed by atoms with E-state index in [-0.39, 0.29) is 10.0 Å². The first kappa shape index (κ1) is 9.74. The van der Waals surface area contributed by atoms with Gasteiger partial charge in [0.05, 0.1) is 22.2 Å². The van der Waals surface area contributed by atoms with Crippen LogP contribution in [-0.4, -0.2) is 19.0 Å². The molecular weight excluding hydrogens is 228 g/mol. The Hall–Kier alpha value is -0.800. The molecule has 5 heteroatoms. The van der Waals surface area contributed by atoms with Crippen LogP contribution in [0.15, 0.2) is 17.1 Å². The van der Waals surface area contributed by atoms with Gasteiger partial charge in [-0.05, 0) is 12.1 Å². The van der Waals surface area contributed by atoms with Gasteiger partial charge in [-0.1, -0.05) is 23.2 Å². The molecule has 74 valence electrons. The SMILES string of the molecule is Fc1cc(Cl)c(C2=NCCO2)c(Cl)c1. The monoisotopic (exact) mass is 233 g/mol. The average molecular weight is 234 g/mol. The van der Waals surface area contributed by atoms with E-state index in [9.17, 15) is 4.39 Å². The van der Waals surface area contributed by atoms with Crippen molar-refractivity contribution in [1.82, 2.24) is 0 Å². The van der Waals surface area contributed by atoms with Gasteiger partial charge in [-0.25, -0.2) is 9.38 Å². The number of rotatable bonds is 1. The number of nitrogens with zero attached hydrogens (tertiary/aromatic N) is 1. The fourth-order valence-corrected chi connectivity index (χ4v) is 1.85. The third-order valence-corrected chi connectivity index (χ3v) is 2.40. The maximum Gasteiger partial charge on any atom is 0.219 e. The van der Waals surface area contributed by atoms with E-state index in [0.29, 0.717) is 24.6 Å². The fraction of sp³-hybridized carbons (Fsp3) is 0.222. The van der Waals surface area contributed by atoms with Gasteiger partial charge in [-0.3, -0.25) is 0 Å². The van der Waals surface area contributed by atoms with Gasteiger partial charge >= 0.3 is 0 Å². The molecule has 0 fully saturated rings. The van der Waals surface area contributed by atoms with E-state index in [1.807, 2.05) is 0 Å². The molecule has 2 nitrogen and oxygen atoms in total. The Morgan fingerprint density at radius 2 is 1.93 bits per heavy atom. The highest BCUT2D eigenvalue weighted by Gasteiger charge is 2.18. The summed E-state index contributed by atoms with van der Waals surface area (Å²) in [5.74, 6) is -0.0812. The smallest absolute Gasteiger partial charge is 0.219 e. The molecule has 0 saturated heterocycles. The van der Waals surface area contributed by atoms with Crippen LogP contribution in [0, 0.1) is 5.82 Å². The van der Waals surface area contributed by atoms with E-state index in [1.54, 1.807) is 0 Å². The molecule has 1 aliphatic heterocycles. The molecule has 0 aromatic heterocycles. The predicted octanol–water partition coefficient (Wildman–Crippen LogP) is 2.91. The second kappa shape index (κ2) is 3.75. The first-order chi connectivity index (χ1) is 6.68. The Kier molecular flexibility index (Phi) is 2.61. The number of hydrogen-bond acceptors (Lipinski definition) is 2. The third-order valence-electron chi connectivity index (χ3n) is 1.81. The van der Waals surface area contributed by atoms with Gasteiger partial charge in [0, 0.05) is 0 Å². The van der Waals surface area contributed by atoms with Crippen molar-refractivity contribution >= 4 is 29.1 Å². The maximum absolute atomic E-state index is 12.8. The summed E-state index contributed by atoms with van der Waals surface area (Å²) in [4.78, 5) is 4.06. The number of hydrogen-bond donors (Lipinski definition) is 0. The first-order valence-electron chi connectivity index (χ1n) is 4.00. The van der Waals surface area contributed by atoms with Crippen molar-refractivity contribution in [1.29, 1.82) is 0 Å². The topological polar surface area (TPSA) is 21.6 Å². The Morgan fingerprint density at radius 1 is 1.29 bits per heavy atom. The zero-order valence-corrected chi connectivity index (χ0v) is 8.57. The van der Waals surface area contributed by atoms with Crippen LogP contribution in [0.4, 0.5) is 4.39 Å². The van der Waals surface area contributed by atoms with Crippen LogP contribution >= 0.6 is 23.2 Å². The van der Waals surface area contributed by atoms with E-state index >= 15 is 0 Å². The summed E-state index contributed by atoms with van der Waals surface area (Å²) in [6.07, 6.45) is 0. The minimum Gasteiger partial charge on any atom is -0.475 e. The van der Waals surface area contributed by atoms with Gasteiger partial charge < -0.3 is 4.74 Å². The zero-order valence-electron chi connectivity index (χ0n) is 7.06.